The molecule has 0 saturated carbocycles. The van der Waals surface area contributed by atoms with E-state index in [4.69, 9.17) is 0 Å². The highest BCUT2D eigenvalue weighted by atomic mass is 32.1. The van der Waals surface area contributed by atoms with E-state index in [-0.39, 0.29) is 11.9 Å². The van der Waals surface area contributed by atoms with Crippen molar-refractivity contribution in [1.82, 2.24) is 5.32 Å². The molecule has 0 fully saturated rings. The smallest absolute Gasteiger partial charge is 0.330 e. The molecule has 1 aromatic rings. The van der Waals surface area contributed by atoms with Crippen LogP contribution in [0.1, 0.15) is 28.4 Å². The fourth-order valence-corrected chi connectivity index (χ4v) is 1.93. The molecule has 0 atom stereocenters. The van der Waals surface area contributed by atoms with Crippen LogP contribution in [0.25, 0.3) is 6.08 Å². The number of ether oxygens (including phenoxy) is 1. The molecule has 0 spiro atoms. The Morgan fingerprint density at radius 3 is 2.71 bits per heavy atom. The van der Waals surface area contributed by atoms with Crippen LogP contribution in [0.5, 0.6) is 0 Å². The lowest BCUT2D eigenvalue weighted by atomic mass is 10.3. The lowest BCUT2D eigenvalue weighted by Gasteiger charge is -2.05. The largest absolute Gasteiger partial charge is 0.466 e. The Morgan fingerprint density at radius 2 is 2.12 bits per heavy atom. The maximum Gasteiger partial charge on any atom is 0.330 e. The Bertz CT molecular complexity index is 435. The third-order valence-electron chi connectivity index (χ3n) is 1.86. The number of nitrogens with one attached hydrogen (secondary N) is 1. The molecular formula is C12H15NO3S. The summed E-state index contributed by atoms with van der Waals surface area (Å²) in [6.45, 7) is 3.81. The van der Waals surface area contributed by atoms with Gasteiger partial charge in [0.1, 0.15) is 0 Å². The van der Waals surface area contributed by atoms with Crippen LogP contribution in [0.4, 0.5) is 0 Å². The summed E-state index contributed by atoms with van der Waals surface area (Å²) in [4.78, 5) is 24.0. The van der Waals surface area contributed by atoms with E-state index >= 15 is 0 Å². The molecule has 1 rings (SSSR count). The quantitative estimate of drug-likeness (QED) is 0.660. The summed E-state index contributed by atoms with van der Waals surface area (Å²) in [5.74, 6) is -0.505. The zero-order chi connectivity index (χ0) is 12.8. The number of hydrogen-bond donors (Lipinski definition) is 1. The first-order valence-corrected chi connectivity index (χ1v) is 6.01. The van der Waals surface area contributed by atoms with Gasteiger partial charge in [0.05, 0.1) is 12.0 Å². The molecule has 0 saturated heterocycles. The molecule has 0 aromatic carbocycles. The van der Waals surface area contributed by atoms with Crippen molar-refractivity contribution in [1.29, 1.82) is 0 Å². The van der Waals surface area contributed by atoms with Gasteiger partial charge in [0.2, 0.25) is 0 Å². The molecule has 17 heavy (non-hydrogen) atoms. The average Bonchev–Trinajstić information content (AvgIpc) is 2.73. The number of carbonyl (C=O) groups excluding carboxylic acids is 2. The van der Waals surface area contributed by atoms with Gasteiger partial charge in [-0.2, -0.15) is 0 Å². The van der Waals surface area contributed by atoms with E-state index in [0.29, 0.717) is 4.88 Å². The summed E-state index contributed by atoms with van der Waals surface area (Å²) in [6, 6.07) is 3.64. The molecule has 5 heteroatoms. The topological polar surface area (TPSA) is 55.4 Å². The van der Waals surface area contributed by atoms with E-state index in [0.717, 1.165) is 4.88 Å². The lowest BCUT2D eigenvalue weighted by molar-refractivity contribution is -0.134. The van der Waals surface area contributed by atoms with E-state index in [1.807, 2.05) is 13.8 Å². The predicted octanol–water partition coefficient (Wildman–Crippen LogP) is 2.07. The summed E-state index contributed by atoms with van der Waals surface area (Å²) < 4.78 is 4.48. The van der Waals surface area contributed by atoms with Gasteiger partial charge in [-0.3, -0.25) is 4.79 Å². The van der Waals surface area contributed by atoms with Crippen LogP contribution < -0.4 is 5.32 Å². The molecule has 1 aromatic heterocycles. The molecule has 0 unspecified atom stereocenters. The maximum atomic E-state index is 11.6. The van der Waals surface area contributed by atoms with Gasteiger partial charge < -0.3 is 10.1 Å². The monoisotopic (exact) mass is 253 g/mol. The number of rotatable bonds is 4. The van der Waals surface area contributed by atoms with Crippen molar-refractivity contribution in [3.63, 3.8) is 0 Å². The van der Waals surface area contributed by atoms with E-state index in [2.05, 4.69) is 10.1 Å². The summed E-state index contributed by atoms with van der Waals surface area (Å²) in [5.41, 5.74) is 0. The highest BCUT2D eigenvalue weighted by Gasteiger charge is 2.09. The Hall–Kier alpha value is -1.62. The van der Waals surface area contributed by atoms with Gasteiger partial charge in [0, 0.05) is 17.0 Å². The van der Waals surface area contributed by atoms with Crippen LogP contribution in [0, 0.1) is 0 Å². The number of methoxy groups -OCH3 is 1. The third-order valence-corrected chi connectivity index (χ3v) is 2.90. The molecule has 0 bridgehead atoms. The van der Waals surface area contributed by atoms with Gasteiger partial charge in [-0.25, -0.2) is 4.79 Å². The van der Waals surface area contributed by atoms with E-state index in [1.54, 1.807) is 18.2 Å². The third kappa shape index (κ3) is 4.40. The minimum atomic E-state index is -0.411. The maximum absolute atomic E-state index is 11.6. The molecular weight excluding hydrogens is 238 g/mol. The fourth-order valence-electron chi connectivity index (χ4n) is 1.12. The van der Waals surface area contributed by atoms with Crippen LogP contribution in [-0.2, 0) is 9.53 Å². The minimum Gasteiger partial charge on any atom is -0.466 e. The highest BCUT2D eigenvalue weighted by Crippen LogP contribution is 2.18. The zero-order valence-electron chi connectivity index (χ0n) is 10.0. The second-order valence-electron chi connectivity index (χ2n) is 3.69. The van der Waals surface area contributed by atoms with Gasteiger partial charge in [-0.15, -0.1) is 11.3 Å². The Balaban J connectivity index is 2.68. The highest BCUT2D eigenvalue weighted by molar-refractivity contribution is 7.14. The van der Waals surface area contributed by atoms with Gasteiger partial charge in [0.25, 0.3) is 5.91 Å². The molecule has 0 aliphatic carbocycles. The normalized spacial score (nSPS) is 10.8. The summed E-state index contributed by atoms with van der Waals surface area (Å²) in [5, 5.41) is 2.80. The van der Waals surface area contributed by atoms with Crippen molar-refractivity contribution in [2.45, 2.75) is 19.9 Å². The Kier molecular flexibility index (Phi) is 4.90. The number of thiophene rings is 1. The van der Waals surface area contributed by atoms with Crippen LogP contribution >= 0.6 is 11.3 Å². The van der Waals surface area contributed by atoms with E-state index in [9.17, 15) is 9.59 Å². The van der Waals surface area contributed by atoms with Gasteiger partial charge >= 0.3 is 5.97 Å². The number of hydrogen-bond acceptors (Lipinski definition) is 4. The fraction of sp³-hybridized carbons (Fsp3) is 0.333. The summed E-state index contributed by atoms with van der Waals surface area (Å²) in [6.07, 6.45) is 2.96. The van der Waals surface area contributed by atoms with Gasteiger partial charge in [0.15, 0.2) is 0 Å². The molecule has 0 radical (unpaired) electrons. The second kappa shape index (κ2) is 6.20. The summed E-state index contributed by atoms with van der Waals surface area (Å²) >= 11 is 1.33. The van der Waals surface area contributed by atoms with Crippen molar-refractivity contribution in [2.24, 2.45) is 0 Å². The first kappa shape index (κ1) is 13.4. The SMILES string of the molecule is COC(=O)/C=C/c1ccc(C(=O)NC(C)C)s1. The van der Waals surface area contributed by atoms with Crippen LogP contribution in [0.3, 0.4) is 0 Å². The molecule has 1 amide bonds. The first-order chi connectivity index (χ1) is 8.02. The Morgan fingerprint density at radius 1 is 1.41 bits per heavy atom. The standard InChI is InChI=1S/C12H15NO3S/c1-8(2)13-12(15)10-6-4-9(17-10)5-7-11(14)16-3/h4-8H,1-3H3,(H,13,15)/b7-5+. The van der Waals surface area contributed by atoms with Crippen LogP contribution in [0.15, 0.2) is 18.2 Å². The first-order valence-electron chi connectivity index (χ1n) is 5.19. The van der Waals surface area contributed by atoms with Crippen molar-refractivity contribution in [3.8, 4) is 0 Å². The molecule has 0 aliphatic rings. The van der Waals surface area contributed by atoms with E-state index < -0.39 is 5.97 Å². The molecule has 92 valence electrons. The average molecular weight is 253 g/mol. The van der Waals surface area contributed by atoms with E-state index in [1.165, 1.54) is 24.5 Å². The molecule has 0 aliphatic heterocycles. The second-order valence-corrected chi connectivity index (χ2v) is 4.80. The van der Waals surface area contributed by atoms with Gasteiger partial charge in [-0.05, 0) is 32.1 Å². The van der Waals surface area contributed by atoms with Crippen LogP contribution in [-0.4, -0.2) is 25.0 Å². The minimum absolute atomic E-state index is 0.0947. The molecule has 4 nitrogen and oxygen atoms in total. The summed E-state index contributed by atoms with van der Waals surface area (Å²) in [7, 11) is 1.32. The van der Waals surface area contributed by atoms with Crippen molar-refractivity contribution in [3.05, 3.63) is 28.0 Å². The van der Waals surface area contributed by atoms with Crippen molar-refractivity contribution in [2.75, 3.05) is 7.11 Å². The zero-order valence-corrected chi connectivity index (χ0v) is 10.8. The van der Waals surface area contributed by atoms with Crippen LogP contribution in [0.2, 0.25) is 0 Å². The number of esters is 1. The molecule has 1 heterocycles. The molecule has 1 N–H and O–H groups in total. The number of carbonyl (C=O) groups is 2. The lowest BCUT2D eigenvalue weighted by Crippen LogP contribution is -2.29. The van der Waals surface area contributed by atoms with Gasteiger partial charge in [-0.1, -0.05) is 0 Å². The number of amides is 1. The predicted molar refractivity (Wildman–Crippen MR) is 68.0 cm³/mol. The Labute approximate surface area is 104 Å². The van der Waals surface area contributed by atoms with Crippen molar-refractivity contribution < 1.29 is 14.3 Å². The van der Waals surface area contributed by atoms with Crippen molar-refractivity contribution >= 4 is 29.3 Å².